The Kier molecular flexibility index (Phi) is 6.25. The van der Waals surface area contributed by atoms with Crippen LogP contribution in [0.5, 0.6) is 0 Å². The molecule has 0 radical (unpaired) electrons. The van der Waals surface area contributed by atoms with Crippen molar-refractivity contribution < 1.29 is 22.8 Å². The van der Waals surface area contributed by atoms with E-state index in [-0.39, 0.29) is 22.7 Å². The summed E-state index contributed by atoms with van der Waals surface area (Å²) in [5.41, 5.74) is 0.604. The normalized spacial score (nSPS) is 11.3. The van der Waals surface area contributed by atoms with Gasteiger partial charge in [-0.15, -0.1) is 0 Å². The van der Waals surface area contributed by atoms with E-state index >= 15 is 0 Å². The van der Waals surface area contributed by atoms with Gasteiger partial charge >= 0.3 is 6.18 Å². The Morgan fingerprint density at radius 1 is 1.13 bits per heavy atom. The van der Waals surface area contributed by atoms with Crippen LogP contribution in [0.1, 0.15) is 18.1 Å². The Labute approximate surface area is 180 Å². The molecular formula is C20H18F3N5O2S. The van der Waals surface area contributed by atoms with Crippen LogP contribution < -0.4 is 10.6 Å². The molecular weight excluding hydrogens is 431 g/mol. The molecule has 3 N–H and O–H groups in total. The lowest BCUT2D eigenvalue weighted by molar-refractivity contribution is -0.137. The Balaban J connectivity index is 1.90. The molecule has 0 spiro atoms. The van der Waals surface area contributed by atoms with Gasteiger partial charge in [0.1, 0.15) is 6.54 Å². The zero-order valence-corrected chi connectivity index (χ0v) is 17.3. The smallest absolute Gasteiger partial charge is 0.325 e. The molecule has 7 nitrogen and oxygen atoms in total. The Hall–Kier alpha value is -3.47. The van der Waals surface area contributed by atoms with E-state index in [0.717, 1.165) is 29.3 Å². The number of benzene rings is 2. The van der Waals surface area contributed by atoms with E-state index in [1.165, 1.54) is 11.5 Å². The van der Waals surface area contributed by atoms with Gasteiger partial charge in [-0.25, -0.2) is 0 Å². The number of amides is 2. The van der Waals surface area contributed by atoms with E-state index in [2.05, 4.69) is 20.8 Å². The summed E-state index contributed by atoms with van der Waals surface area (Å²) >= 11 is 5.20. The predicted octanol–water partition coefficient (Wildman–Crippen LogP) is 4.53. The van der Waals surface area contributed by atoms with Gasteiger partial charge in [-0.2, -0.15) is 18.3 Å². The van der Waals surface area contributed by atoms with Gasteiger partial charge in [-0.3, -0.25) is 19.3 Å². The molecule has 0 fully saturated rings. The summed E-state index contributed by atoms with van der Waals surface area (Å²) in [6.07, 6.45) is -4.61. The molecule has 2 aromatic carbocycles. The van der Waals surface area contributed by atoms with Crippen LogP contribution in [0.2, 0.25) is 0 Å². The van der Waals surface area contributed by atoms with E-state index < -0.39 is 23.6 Å². The lowest BCUT2D eigenvalue weighted by Crippen LogP contribution is -2.21. The van der Waals surface area contributed by atoms with E-state index in [0.29, 0.717) is 5.82 Å². The van der Waals surface area contributed by atoms with Crippen molar-refractivity contribution in [3.05, 3.63) is 58.4 Å². The molecule has 11 heteroatoms. The van der Waals surface area contributed by atoms with Crippen LogP contribution in [-0.2, 0) is 22.3 Å². The number of carbonyl (C=O) groups excluding carboxylic acids is 2. The number of halogens is 3. The second kappa shape index (κ2) is 8.72. The maximum absolute atomic E-state index is 13.1. The van der Waals surface area contributed by atoms with Crippen molar-refractivity contribution in [2.45, 2.75) is 26.6 Å². The second-order valence-corrected chi connectivity index (χ2v) is 7.18. The van der Waals surface area contributed by atoms with E-state index in [1.54, 1.807) is 6.07 Å². The van der Waals surface area contributed by atoms with Crippen LogP contribution in [0.4, 0.5) is 24.5 Å². The first-order valence-corrected chi connectivity index (χ1v) is 9.46. The fourth-order valence-electron chi connectivity index (χ4n) is 2.92. The van der Waals surface area contributed by atoms with Crippen LogP contribution in [0.3, 0.4) is 0 Å². The third-order valence-electron chi connectivity index (χ3n) is 4.27. The van der Waals surface area contributed by atoms with Crippen LogP contribution in [0.25, 0.3) is 11.4 Å². The molecule has 0 saturated carbocycles. The summed E-state index contributed by atoms with van der Waals surface area (Å²) in [7, 11) is 0. The molecule has 0 saturated heterocycles. The molecule has 31 heavy (non-hydrogen) atoms. The van der Waals surface area contributed by atoms with Crippen molar-refractivity contribution in [2.75, 3.05) is 10.6 Å². The van der Waals surface area contributed by atoms with Gasteiger partial charge in [-0.05, 0) is 43.4 Å². The van der Waals surface area contributed by atoms with Crippen molar-refractivity contribution in [1.82, 2.24) is 14.8 Å². The molecule has 2 amide bonds. The summed E-state index contributed by atoms with van der Waals surface area (Å²) in [5.74, 6) is -0.721. The number of hydrogen-bond donors (Lipinski definition) is 3. The number of rotatable bonds is 5. The molecule has 1 aromatic heterocycles. The van der Waals surface area contributed by atoms with Gasteiger partial charge in [0, 0.05) is 12.5 Å². The standard InChI is InChI=1S/C20H18F3N5O2S/c1-11-4-3-5-13(8-11)18-26-27-19(31)28(18)10-17(30)25-16-9-14(20(21,22)23)6-7-15(16)24-12(2)29/h3-9H,10H2,1-2H3,(H,24,29)(H,25,30)(H,27,31). The topological polar surface area (TPSA) is 91.8 Å². The summed E-state index contributed by atoms with van der Waals surface area (Å²) in [4.78, 5) is 24.1. The lowest BCUT2D eigenvalue weighted by Gasteiger charge is -2.15. The molecule has 0 atom stereocenters. The molecule has 0 aliphatic heterocycles. The number of anilines is 2. The number of hydrogen-bond acceptors (Lipinski definition) is 4. The van der Waals surface area contributed by atoms with Crippen molar-refractivity contribution in [2.24, 2.45) is 0 Å². The monoisotopic (exact) mass is 449 g/mol. The van der Waals surface area contributed by atoms with Crippen LogP contribution in [-0.4, -0.2) is 26.6 Å². The minimum atomic E-state index is -4.61. The summed E-state index contributed by atoms with van der Waals surface area (Å²) in [6.45, 7) is 2.82. The highest BCUT2D eigenvalue weighted by atomic mass is 32.1. The fourth-order valence-corrected chi connectivity index (χ4v) is 3.12. The Morgan fingerprint density at radius 2 is 1.87 bits per heavy atom. The number of nitrogens with zero attached hydrogens (tertiary/aromatic N) is 2. The minimum absolute atomic E-state index is 0.0450. The SMILES string of the molecule is CC(=O)Nc1ccc(C(F)(F)F)cc1NC(=O)Cn1c(-c2cccc(C)c2)n[nH]c1=S. The zero-order valence-electron chi connectivity index (χ0n) is 16.5. The number of aromatic amines is 1. The van der Waals surface area contributed by atoms with Gasteiger partial charge < -0.3 is 10.6 Å². The summed E-state index contributed by atoms with van der Waals surface area (Å²) in [6, 6.07) is 10.1. The highest BCUT2D eigenvalue weighted by molar-refractivity contribution is 7.71. The first-order chi connectivity index (χ1) is 14.5. The number of carbonyl (C=O) groups is 2. The number of nitrogens with one attached hydrogen (secondary N) is 3. The minimum Gasteiger partial charge on any atom is -0.325 e. The van der Waals surface area contributed by atoms with Gasteiger partial charge in [0.05, 0.1) is 16.9 Å². The molecule has 162 valence electrons. The average Bonchev–Trinajstić information content (AvgIpc) is 3.02. The molecule has 0 aliphatic rings. The molecule has 0 unspecified atom stereocenters. The average molecular weight is 449 g/mol. The van der Waals surface area contributed by atoms with E-state index in [4.69, 9.17) is 12.2 Å². The Morgan fingerprint density at radius 3 is 2.52 bits per heavy atom. The molecule has 1 heterocycles. The van der Waals surface area contributed by atoms with Crippen LogP contribution in [0, 0.1) is 11.7 Å². The third-order valence-corrected chi connectivity index (χ3v) is 4.58. The van der Waals surface area contributed by atoms with E-state index in [1.807, 2.05) is 25.1 Å². The Bertz CT molecular complexity index is 1200. The van der Waals surface area contributed by atoms with Crippen LogP contribution >= 0.6 is 12.2 Å². The highest BCUT2D eigenvalue weighted by Crippen LogP contribution is 2.34. The van der Waals surface area contributed by atoms with Gasteiger partial charge in [0.25, 0.3) is 0 Å². The molecule has 0 bridgehead atoms. The summed E-state index contributed by atoms with van der Waals surface area (Å²) < 4.78 is 40.9. The van der Waals surface area contributed by atoms with Gasteiger partial charge in [0.2, 0.25) is 11.8 Å². The number of H-pyrrole nitrogens is 1. The van der Waals surface area contributed by atoms with Crippen molar-refractivity contribution in [3.8, 4) is 11.4 Å². The lowest BCUT2D eigenvalue weighted by atomic mass is 10.1. The third kappa shape index (κ3) is 5.37. The molecule has 3 rings (SSSR count). The van der Waals surface area contributed by atoms with E-state index in [9.17, 15) is 22.8 Å². The maximum atomic E-state index is 13.1. The number of aryl methyl sites for hydroxylation is 1. The predicted molar refractivity (Wildman–Crippen MR) is 112 cm³/mol. The first kappa shape index (κ1) is 22.2. The number of aromatic nitrogens is 3. The summed E-state index contributed by atoms with van der Waals surface area (Å²) in [5, 5.41) is 11.6. The maximum Gasteiger partial charge on any atom is 0.416 e. The fraction of sp³-hybridized carbons (Fsp3) is 0.200. The zero-order chi connectivity index (χ0) is 22.8. The van der Waals surface area contributed by atoms with Gasteiger partial charge in [-0.1, -0.05) is 23.8 Å². The van der Waals surface area contributed by atoms with Gasteiger partial charge in [0.15, 0.2) is 10.6 Å². The largest absolute Gasteiger partial charge is 0.416 e. The quantitative estimate of drug-likeness (QED) is 0.499. The van der Waals surface area contributed by atoms with Crippen molar-refractivity contribution >= 4 is 35.4 Å². The molecule has 0 aliphatic carbocycles. The number of alkyl halides is 3. The second-order valence-electron chi connectivity index (χ2n) is 6.80. The van der Waals surface area contributed by atoms with Crippen LogP contribution in [0.15, 0.2) is 42.5 Å². The van der Waals surface area contributed by atoms with Crippen molar-refractivity contribution in [1.29, 1.82) is 0 Å². The first-order valence-electron chi connectivity index (χ1n) is 9.05. The van der Waals surface area contributed by atoms with Crippen molar-refractivity contribution in [3.63, 3.8) is 0 Å². The molecule has 3 aromatic rings. The highest BCUT2D eigenvalue weighted by Gasteiger charge is 2.31.